The van der Waals surface area contributed by atoms with E-state index in [2.05, 4.69) is 10.3 Å². The van der Waals surface area contributed by atoms with Gasteiger partial charge >= 0.3 is 0 Å². The van der Waals surface area contributed by atoms with E-state index in [0.29, 0.717) is 27.7 Å². The molecule has 0 aliphatic rings. The number of benzene rings is 3. The van der Waals surface area contributed by atoms with E-state index >= 15 is 0 Å². The summed E-state index contributed by atoms with van der Waals surface area (Å²) in [6.07, 6.45) is 3.19. The lowest BCUT2D eigenvalue weighted by Gasteiger charge is -2.02. The minimum Gasteiger partial charge on any atom is -0.497 e. The zero-order valence-corrected chi connectivity index (χ0v) is 16.3. The van der Waals surface area contributed by atoms with E-state index in [1.54, 1.807) is 37.5 Å². The Morgan fingerprint density at radius 3 is 2.79 bits per heavy atom. The number of anilines is 1. The number of hydrogen-bond acceptors (Lipinski definition) is 4. The second-order valence-electron chi connectivity index (χ2n) is 6.28. The molecule has 0 spiro atoms. The van der Waals surface area contributed by atoms with Gasteiger partial charge in [-0.05, 0) is 48.0 Å². The Labute approximate surface area is 172 Å². The largest absolute Gasteiger partial charge is 0.497 e. The molecule has 0 saturated carbocycles. The van der Waals surface area contributed by atoms with Gasteiger partial charge in [0.1, 0.15) is 11.3 Å². The predicted molar refractivity (Wildman–Crippen MR) is 115 cm³/mol. The standard InChI is InChI=1S/C23H17ClN2O3/c1-28-17-6-4-5-15(13-17)9-12-22(27)25-16-10-11-20-21(14-16)29-23(26-20)18-7-2-3-8-19(18)24/h2-14H,1H3,(H,25,27)/b12-9+. The van der Waals surface area contributed by atoms with Gasteiger partial charge in [-0.1, -0.05) is 35.9 Å². The molecule has 0 bridgehead atoms. The second kappa shape index (κ2) is 8.20. The van der Waals surface area contributed by atoms with Crippen LogP contribution < -0.4 is 10.1 Å². The Morgan fingerprint density at radius 1 is 1.10 bits per heavy atom. The molecule has 1 heterocycles. The van der Waals surface area contributed by atoms with E-state index in [4.69, 9.17) is 20.8 Å². The number of carbonyl (C=O) groups is 1. The highest BCUT2D eigenvalue weighted by Crippen LogP contribution is 2.30. The molecule has 144 valence electrons. The van der Waals surface area contributed by atoms with Gasteiger partial charge in [0.05, 0.1) is 17.7 Å². The Morgan fingerprint density at radius 2 is 1.97 bits per heavy atom. The summed E-state index contributed by atoms with van der Waals surface area (Å²) in [5.74, 6) is 0.919. The number of rotatable bonds is 5. The number of fused-ring (bicyclic) bond motifs is 1. The fraction of sp³-hybridized carbons (Fsp3) is 0.0435. The first kappa shape index (κ1) is 18.8. The summed E-state index contributed by atoms with van der Waals surface area (Å²) in [5, 5.41) is 3.39. The summed E-state index contributed by atoms with van der Waals surface area (Å²) in [6, 6.07) is 20.1. The topological polar surface area (TPSA) is 64.4 Å². The Balaban J connectivity index is 1.51. The average molecular weight is 405 g/mol. The maximum Gasteiger partial charge on any atom is 0.248 e. The maximum atomic E-state index is 12.3. The maximum absolute atomic E-state index is 12.3. The average Bonchev–Trinajstić information content (AvgIpc) is 3.16. The SMILES string of the molecule is COc1cccc(/C=C/C(=O)Nc2ccc3nc(-c4ccccc4Cl)oc3c2)c1. The van der Waals surface area contributed by atoms with Crippen molar-refractivity contribution in [1.82, 2.24) is 4.98 Å². The van der Waals surface area contributed by atoms with E-state index in [0.717, 1.165) is 16.9 Å². The molecule has 0 unspecified atom stereocenters. The second-order valence-corrected chi connectivity index (χ2v) is 6.69. The molecule has 0 fully saturated rings. The van der Waals surface area contributed by atoms with Gasteiger partial charge in [0.25, 0.3) is 0 Å². The van der Waals surface area contributed by atoms with Crippen LogP contribution in [0.5, 0.6) is 5.75 Å². The Bertz CT molecular complexity index is 1210. The van der Waals surface area contributed by atoms with Gasteiger partial charge in [-0.3, -0.25) is 4.79 Å². The van der Waals surface area contributed by atoms with Gasteiger partial charge in [-0.2, -0.15) is 0 Å². The van der Waals surface area contributed by atoms with Gasteiger partial charge < -0.3 is 14.5 Å². The zero-order valence-electron chi connectivity index (χ0n) is 15.6. The highest BCUT2D eigenvalue weighted by atomic mass is 35.5. The normalized spacial score (nSPS) is 11.1. The van der Waals surface area contributed by atoms with E-state index in [1.807, 2.05) is 42.5 Å². The first-order valence-electron chi connectivity index (χ1n) is 8.91. The molecule has 1 amide bonds. The number of aromatic nitrogens is 1. The minimum absolute atomic E-state index is 0.252. The van der Waals surface area contributed by atoms with Crippen molar-refractivity contribution < 1.29 is 13.9 Å². The monoisotopic (exact) mass is 404 g/mol. The van der Waals surface area contributed by atoms with E-state index in [9.17, 15) is 4.79 Å². The van der Waals surface area contributed by atoms with Crippen molar-refractivity contribution in [3.8, 4) is 17.2 Å². The lowest BCUT2D eigenvalue weighted by Crippen LogP contribution is -2.07. The fourth-order valence-corrected chi connectivity index (χ4v) is 3.07. The number of nitrogens with one attached hydrogen (secondary N) is 1. The van der Waals surface area contributed by atoms with Crippen LogP contribution in [0, 0.1) is 0 Å². The van der Waals surface area contributed by atoms with E-state index < -0.39 is 0 Å². The lowest BCUT2D eigenvalue weighted by molar-refractivity contribution is -0.111. The van der Waals surface area contributed by atoms with Crippen molar-refractivity contribution in [1.29, 1.82) is 0 Å². The van der Waals surface area contributed by atoms with Crippen LogP contribution in [0.25, 0.3) is 28.6 Å². The third-order valence-corrected chi connectivity index (χ3v) is 4.61. The zero-order chi connectivity index (χ0) is 20.2. The number of amides is 1. The van der Waals surface area contributed by atoms with Crippen LogP contribution >= 0.6 is 11.6 Å². The predicted octanol–water partition coefficient (Wildman–Crippen LogP) is 5.81. The summed E-state index contributed by atoms with van der Waals surface area (Å²) in [7, 11) is 1.60. The molecule has 29 heavy (non-hydrogen) atoms. The molecule has 0 aliphatic carbocycles. The number of halogens is 1. The number of ether oxygens (including phenoxy) is 1. The molecule has 0 atom stereocenters. The summed E-state index contributed by atoms with van der Waals surface area (Å²) < 4.78 is 11.0. The Hall–Kier alpha value is -3.57. The molecule has 6 heteroatoms. The smallest absolute Gasteiger partial charge is 0.248 e. The van der Waals surface area contributed by atoms with Crippen LogP contribution in [0.1, 0.15) is 5.56 Å². The van der Waals surface area contributed by atoms with Crippen LogP contribution in [0.3, 0.4) is 0 Å². The molecule has 1 N–H and O–H groups in total. The van der Waals surface area contributed by atoms with E-state index in [-0.39, 0.29) is 5.91 Å². The molecule has 4 rings (SSSR count). The number of oxazole rings is 1. The molecule has 4 aromatic rings. The van der Waals surface area contributed by atoms with Crippen molar-refractivity contribution in [2.75, 3.05) is 12.4 Å². The van der Waals surface area contributed by atoms with Gasteiger partial charge in [0.15, 0.2) is 5.58 Å². The summed E-state index contributed by atoms with van der Waals surface area (Å²) >= 11 is 6.22. The Kier molecular flexibility index (Phi) is 5.31. The van der Waals surface area contributed by atoms with Crippen molar-refractivity contribution in [2.45, 2.75) is 0 Å². The van der Waals surface area contributed by atoms with Gasteiger partial charge in [0, 0.05) is 17.8 Å². The quantitative estimate of drug-likeness (QED) is 0.426. The van der Waals surface area contributed by atoms with Crippen molar-refractivity contribution >= 4 is 40.4 Å². The number of methoxy groups -OCH3 is 1. The third-order valence-electron chi connectivity index (χ3n) is 4.28. The van der Waals surface area contributed by atoms with Crippen molar-refractivity contribution in [2.24, 2.45) is 0 Å². The van der Waals surface area contributed by atoms with Crippen molar-refractivity contribution in [3.63, 3.8) is 0 Å². The first-order chi connectivity index (χ1) is 14.1. The molecule has 5 nitrogen and oxygen atoms in total. The van der Waals surface area contributed by atoms with Crippen LogP contribution in [0.2, 0.25) is 5.02 Å². The van der Waals surface area contributed by atoms with Crippen LogP contribution in [-0.4, -0.2) is 18.0 Å². The molecule has 0 aliphatic heterocycles. The molecular weight excluding hydrogens is 388 g/mol. The molecule has 3 aromatic carbocycles. The third kappa shape index (κ3) is 4.31. The van der Waals surface area contributed by atoms with Crippen LogP contribution in [-0.2, 0) is 4.79 Å². The molecule has 0 radical (unpaired) electrons. The fourth-order valence-electron chi connectivity index (χ4n) is 2.85. The number of carbonyl (C=O) groups excluding carboxylic acids is 1. The minimum atomic E-state index is -0.252. The van der Waals surface area contributed by atoms with Crippen molar-refractivity contribution in [3.05, 3.63) is 83.4 Å². The first-order valence-corrected chi connectivity index (χ1v) is 9.29. The summed E-state index contributed by atoms with van der Waals surface area (Å²) in [6.45, 7) is 0. The highest BCUT2D eigenvalue weighted by Gasteiger charge is 2.12. The summed E-state index contributed by atoms with van der Waals surface area (Å²) in [4.78, 5) is 16.7. The number of nitrogens with zero attached hydrogens (tertiary/aromatic N) is 1. The summed E-state index contributed by atoms with van der Waals surface area (Å²) in [5.41, 5.74) is 3.45. The molecule has 0 saturated heterocycles. The van der Waals surface area contributed by atoms with E-state index in [1.165, 1.54) is 6.08 Å². The lowest BCUT2D eigenvalue weighted by atomic mass is 10.2. The van der Waals surface area contributed by atoms with Crippen LogP contribution in [0.15, 0.2) is 77.2 Å². The van der Waals surface area contributed by atoms with Crippen LogP contribution in [0.4, 0.5) is 5.69 Å². The highest BCUT2D eigenvalue weighted by molar-refractivity contribution is 6.33. The van der Waals surface area contributed by atoms with Gasteiger partial charge in [0.2, 0.25) is 11.8 Å². The molecule has 1 aromatic heterocycles. The number of hydrogen-bond donors (Lipinski definition) is 1. The molecular formula is C23H17ClN2O3. The van der Waals surface area contributed by atoms with Gasteiger partial charge in [-0.25, -0.2) is 4.98 Å². The van der Waals surface area contributed by atoms with Gasteiger partial charge in [-0.15, -0.1) is 0 Å².